The number of allylic oxidation sites excluding steroid dienone is 2. The van der Waals surface area contributed by atoms with E-state index >= 15 is 0 Å². The van der Waals surface area contributed by atoms with Crippen molar-refractivity contribution in [3.05, 3.63) is 59.8 Å². The van der Waals surface area contributed by atoms with E-state index in [4.69, 9.17) is 10.8 Å². The highest BCUT2D eigenvalue weighted by Gasteiger charge is 2.49. The maximum absolute atomic E-state index is 6.90. The van der Waals surface area contributed by atoms with Crippen molar-refractivity contribution in [2.45, 2.75) is 18.9 Å². The highest BCUT2D eigenvalue weighted by molar-refractivity contribution is 6.02. The normalized spacial score (nSPS) is 31.9. The van der Waals surface area contributed by atoms with Crippen molar-refractivity contribution in [1.29, 1.82) is 0 Å². The molecule has 1 aromatic heterocycles. The maximum Gasteiger partial charge on any atom is 0.281 e. The van der Waals surface area contributed by atoms with Crippen LogP contribution in [0.25, 0.3) is 10.9 Å². The molecule has 1 aromatic carbocycles. The van der Waals surface area contributed by atoms with Gasteiger partial charge in [-0.25, -0.2) is 0 Å². The molecule has 7 heteroatoms. The lowest BCUT2D eigenvalue weighted by Gasteiger charge is -2.45. The van der Waals surface area contributed by atoms with E-state index in [2.05, 4.69) is 51.1 Å². The summed E-state index contributed by atoms with van der Waals surface area (Å²) in [7, 11) is 2.21. The number of quaternary nitrogens is 1. The number of piperazine rings is 1. The van der Waals surface area contributed by atoms with Crippen molar-refractivity contribution in [2.75, 3.05) is 33.2 Å². The molecular weight excluding hydrogens is 374 g/mol. The Labute approximate surface area is 176 Å². The molecule has 0 amide bonds. The quantitative estimate of drug-likeness (QED) is 0.612. The molecule has 1 unspecified atom stereocenters. The number of fused-ring (bicyclic) bond motifs is 2. The van der Waals surface area contributed by atoms with Gasteiger partial charge in [0.25, 0.3) is 5.84 Å². The standard InChI is InChI=1S/C23H28N7/c1-28-7-9-29(10-8-28)18-12-17(13-18)22-21-15-25-6-11-30(21,24)23(27-22)20-14-16-4-2-3-5-19(16)26-20/h2-6,11,14-15,17-18,26H,7-10,12-13,24H2,1H3/q+1. The zero-order valence-corrected chi connectivity index (χ0v) is 17.3. The molecule has 6 rings (SSSR count). The Bertz CT molecular complexity index is 1080. The molecule has 0 bridgehead atoms. The number of para-hydroxylation sites is 1. The van der Waals surface area contributed by atoms with Crippen molar-refractivity contribution in [1.82, 2.24) is 14.8 Å². The van der Waals surface area contributed by atoms with Gasteiger partial charge in [-0.2, -0.15) is 10.8 Å². The Hall–Kier alpha value is -2.58. The number of nitrogens with two attached hydrogens (primary N) is 1. The fraction of sp³-hybridized carbons (Fsp3) is 0.391. The Balaban J connectivity index is 1.30. The molecule has 3 N–H and O–H groups in total. The van der Waals surface area contributed by atoms with Crippen molar-refractivity contribution in [2.24, 2.45) is 21.7 Å². The lowest BCUT2D eigenvalue weighted by atomic mass is 9.76. The van der Waals surface area contributed by atoms with E-state index in [0.717, 1.165) is 54.4 Å². The van der Waals surface area contributed by atoms with Crippen molar-refractivity contribution < 1.29 is 4.59 Å². The third kappa shape index (κ3) is 2.74. The second-order valence-corrected chi connectivity index (χ2v) is 8.99. The predicted octanol–water partition coefficient (Wildman–Crippen LogP) is 2.41. The highest BCUT2D eigenvalue weighted by atomic mass is 15.6. The van der Waals surface area contributed by atoms with Crippen molar-refractivity contribution >= 4 is 23.0 Å². The second-order valence-electron chi connectivity index (χ2n) is 8.99. The fourth-order valence-electron chi connectivity index (χ4n) is 5.18. The molecule has 2 aromatic rings. The van der Waals surface area contributed by atoms with E-state index in [1.165, 1.54) is 18.5 Å². The summed E-state index contributed by atoms with van der Waals surface area (Å²) in [5, 5.41) is 1.17. The molecule has 1 saturated heterocycles. The van der Waals surface area contributed by atoms with Crippen LogP contribution in [-0.4, -0.2) is 70.7 Å². The average Bonchev–Trinajstić information content (AvgIpc) is 3.27. The van der Waals surface area contributed by atoms with Crippen LogP contribution in [0, 0.1) is 5.92 Å². The monoisotopic (exact) mass is 402 g/mol. The van der Waals surface area contributed by atoms with Crippen LogP contribution < -0.4 is 5.84 Å². The maximum atomic E-state index is 6.90. The van der Waals surface area contributed by atoms with E-state index in [0.29, 0.717) is 12.0 Å². The minimum Gasteiger partial charge on any atom is -0.349 e. The van der Waals surface area contributed by atoms with Crippen LogP contribution in [-0.2, 0) is 0 Å². The summed E-state index contributed by atoms with van der Waals surface area (Å²) >= 11 is 0. The molecule has 0 radical (unpaired) electrons. The second kappa shape index (κ2) is 6.72. The van der Waals surface area contributed by atoms with Gasteiger partial charge in [-0.05, 0) is 32.0 Å². The molecule has 4 heterocycles. The van der Waals surface area contributed by atoms with Gasteiger partial charge in [0.1, 0.15) is 17.6 Å². The summed E-state index contributed by atoms with van der Waals surface area (Å²) in [6, 6.07) is 11.1. The van der Waals surface area contributed by atoms with Gasteiger partial charge in [-0.15, -0.1) is 4.59 Å². The number of amidine groups is 1. The van der Waals surface area contributed by atoms with Gasteiger partial charge in [0, 0.05) is 49.0 Å². The number of nitrogens with zero attached hydrogens (tertiary/aromatic N) is 5. The minimum absolute atomic E-state index is 0.0985. The van der Waals surface area contributed by atoms with E-state index in [1.807, 2.05) is 18.5 Å². The van der Waals surface area contributed by atoms with Crippen LogP contribution in [0.1, 0.15) is 18.5 Å². The lowest BCUT2D eigenvalue weighted by molar-refractivity contribution is -0.750. The van der Waals surface area contributed by atoms with Crippen LogP contribution in [0.5, 0.6) is 0 Å². The van der Waals surface area contributed by atoms with Gasteiger partial charge in [0.15, 0.2) is 0 Å². The smallest absolute Gasteiger partial charge is 0.281 e. The van der Waals surface area contributed by atoms with Crippen LogP contribution in [0.2, 0.25) is 0 Å². The van der Waals surface area contributed by atoms with Gasteiger partial charge in [0.05, 0.1) is 12.4 Å². The molecular formula is C23H28N7+. The fourth-order valence-corrected chi connectivity index (χ4v) is 5.18. The Kier molecular flexibility index (Phi) is 4.08. The molecule has 7 nitrogen and oxygen atoms in total. The van der Waals surface area contributed by atoms with Gasteiger partial charge in [0.2, 0.25) is 5.70 Å². The Morgan fingerprint density at radius 1 is 1.13 bits per heavy atom. The molecule has 0 spiro atoms. The van der Waals surface area contributed by atoms with E-state index in [1.54, 1.807) is 6.20 Å². The molecule has 1 atom stereocenters. The van der Waals surface area contributed by atoms with Gasteiger partial charge in [-0.3, -0.25) is 9.89 Å². The zero-order chi connectivity index (χ0) is 20.3. The van der Waals surface area contributed by atoms with Crippen LogP contribution >= 0.6 is 0 Å². The SMILES string of the molecule is CN1CCN(C2CC(C3=C4C=NC=C[N+]4(N)C(c4cc5ccccc5[nH]4)=N3)C2)CC1. The van der Waals surface area contributed by atoms with Crippen molar-refractivity contribution in [3.63, 3.8) is 0 Å². The Morgan fingerprint density at radius 2 is 1.93 bits per heavy atom. The first-order chi connectivity index (χ1) is 14.6. The largest absolute Gasteiger partial charge is 0.349 e. The van der Waals surface area contributed by atoms with E-state index in [9.17, 15) is 0 Å². The third-order valence-corrected chi connectivity index (χ3v) is 7.15. The summed E-state index contributed by atoms with van der Waals surface area (Å²) in [6.07, 6.45) is 7.92. The topological polar surface area (TPSA) is 73.0 Å². The number of aromatic nitrogens is 1. The number of rotatable bonds is 3. The predicted molar refractivity (Wildman–Crippen MR) is 120 cm³/mol. The first-order valence-corrected chi connectivity index (χ1v) is 10.8. The number of nitrogens with one attached hydrogen (secondary N) is 1. The first kappa shape index (κ1) is 18.2. The lowest BCUT2D eigenvalue weighted by Crippen LogP contribution is -2.54. The first-order valence-electron chi connectivity index (χ1n) is 10.8. The van der Waals surface area contributed by atoms with Gasteiger partial charge < -0.3 is 9.88 Å². The number of hydrogen-bond donors (Lipinski definition) is 2. The number of hydrogen-bond acceptors (Lipinski definition) is 5. The number of aromatic amines is 1. The van der Waals surface area contributed by atoms with Crippen molar-refractivity contribution in [3.8, 4) is 0 Å². The summed E-state index contributed by atoms with van der Waals surface area (Å²) in [6.45, 7) is 4.67. The van der Waals surface area contributed by atoms with E-state index in [-0.39, 0.29) is 4.59 Å². The molecule has 4 aliphatic rings. The molecule has 1 saturated carbocycles. The summed E-state index contributed by atoms with van der Waals surface area (Å²) in [5.74, 6) is 8.20. The summed E-state index contributed by atoms with van der Waals surface area (Å²) in [4.78, 5) is 18.1. The van der Waals surface area contributed by atoms with Crippen LogP contribution in [0.3, 0.4) is 0 Å². The number of aliphatic imine (C=N–C) groups is 2. The number of benzene rings is 1. The van der Waals surface area contributed by atoms with E-state index < -0.39 is 0 Å². The molecule has 3 aliphatic heterocycles. The third-order valence-electron chi connectivity index (χ3n) is 7.15. The molecule has 1 aliphatic carbocycles. The molecule has 2 fully saturated rings. The molecule has 154 valence electrons. The van der Waals surface area contributed by atoms with Gasteiger partial charge in [-0.1, -0.05) is 18.2 Å². The zero-order valence-electron chi connectivity index (χ0n) is 17.3. The summed E-state index contributed by atoms with van der Waals surface area (Å²) in [5.41, 5.74) is 4.20. The summed E-state index contributed by atoms with van der Waals surface area (Å²) < 4.78 is 0.0985. The van der Waals surface area contributed by atoms with Crippen LogP contribution in [0.15, 0.2) is 64.1 Å². The molecule has 30 heavy (non-hydrogen) atoms. The number of H-pyrrole nitrogens is 1. The Morgan fingerprint density at radius 3 is 2.73 bits per heavy atom. The minimum atomic E-state index is 0.0985. The van der Waals surface area contributed by atoms with Gasteiger partial charge >= 0.3 is 0 Å². The average molecular weight is 403 g/mol. The van der Waals surface area contributed by atoms with Crippen LogP contribution in [0.4, 0.5) is 0 Å². The number of likely N-dealkylation sites (N-methyl/N-ethyl adjacent to an activating group) is 1. The highest BCUT2D eigenvalue weighted by Crippen LogP contribution is 2.44.